The Kier molecular flexibility index (Phi) is 5.79. The van der Waals surface area contributed by atoms with Crippen LogP contribution < -0.4 is 0 Å². The van der Waals surface area contributed by atoms with Gasteiger partial charge in [0.25, 0.3) is 0 Å². The molecular weight excluding hydrogens is 182 g/mol. The molecule has 1 heteroatoms. The number of rotatable bonds is 7. The molecule has 0 spiro atoms. The fourth-order valence-corrected chi connectivity index (χ4v) is 1.70. The fraction of sp³-hybridized carbons (Fsp3) is 0.429. The van der Waals surface area contributed by atoms with Gasteiger partial charge in [-0.25, -0.2) is 0 Å². The normalized spacial score (nSPS) is 10.5. The molecule has 1 rings (SSSR count). The standard InChI is InChI=1S/C14H21N/c1-3-5-12-15(11-4-2)13-14-9-7-6-8-10-14/h3,6-10H,1,4-5,11-13H2,2H3. The highest BCUT2D eigenvalue weighted by atomic mass is 15.1. The second-order valence-corrected chi connectivity index (χ2v) is 3.84. The first kappa shape index (κ1) is 12.0. The van der Waals surface area contributed by atoms with E-state index in [2.05, 4.69) is 48.7 Å². The third kappa shape index (κ3) is 4.80. The van der Waals surface area contributed by atoms with E-state index in [1.807, 2.05) is 6.08 Å². The molecule has 0 aliphatic heterocycles. The van der Waals surface area contributed by atoms with Crippen LogP contribution in [0.5, 0.6) is 0 Å². The predicted molar refractivity (Wildman–Crippen MR) is 66.8 cm³/mol. The molecule has 0 saturated carbocycles. The Morgan fingerprint density at radius 2 is 1.93 bits per heavy atom. The van der Waals surface area contributed by atoms with E-state index in [4.69, 9.17) is 0 Å². The van der Waals surface area contributed by atoms with Crippen molar-refractivity contribution in [2.75, 3.05) is 13.1 Å². The molecule has 0 atom stereocenters. The van der Waals surface area contributed by atoms with E-state index >= 15 is 0 Å². The molecule has 82 valence electrons. The van der Waals surface area contributed by atoms with Crippen molar-refractivity contribution in [3.8, 4) is 0 Å². The summed E-state index contributed by atoms with van der Waals surface area (Å²) < 4.78 is 0. The molecular formula is C14H21N. The Balaban J connectivity index is 2.46. The topological polar surface area (TPSA) is 3.24 Å². The van der Waals surface area contributed by atoms with Crippen molar-refractivity contribution in [1.82, 2.24) is 4.90 Å². The molecule has 0 heterocycles. The summed E-state index contributed by atoms with van der Waals surface area (Å²) in [5.41, 5.74) is 1.40. The first-order valence-corrected chi connectivity index (χ1v) is 5.74. The molecule has 0 aromatic heterocycles. The summed E-state index contributed by atoms with van der Waals surface area (Å²) in [6, 6.07) is 10.7. The van der Waals surface area contributed by atoms with Gasteiger partial charge in [-0.1, -0.05) is 43.3 Å². The number of hydrogen-bond donors (Lipinski definition) is 0. The average Bonchev–Trinajstić information content (AvgIpc) is 2.28. The van der Waals surface area contributed by atoms with Gasteiger partial charge < -0.3 is 0 Å². The van der Waals surface area contributed by atoms with Crippen molar-refractivity contribution in [2.45, 2.75) is 26.3 Å². The Bertz CT molecular complexity index is 266. The Hall–Kier alpha value is -1.08. The van der Waals surface area contributed by atoms with Crippen LogP contribution in [0.2, 0.25) is 0 Å². The SMILES string of the molecule is C=CCCN(CCC)Cc1ccccc1. The highest BCUT2D eigenvalue weighted by Gasteiger charge is 2.02. The molecule has 1 aromatic rings. The highest BCUT2D eigenvalue weighted by molar-refractivity contribution is 5.14. The third-order valence-corrected chi connectivity index (χ3v) is 2.44. The molecule has 1 aromatic carbocycles. The first-order valence-electron chi connectivity index (χ1n) is 5.74. The van der Waals surface area contributed by atoms with E-state index < -0.39 is 0 Å². The molecule has 0 N–H and O–H groups in total. The number of nitrogens with zero attached hydrogens (tertiary/aromatic N) is 1. The van der Waals surface area contributed by atoms with E-state index in [-0.39, 0.29) is 0 Å². The van der Waals surface area contributed by atoms with E-state index in [9.17, 15) is 0 Å². The van der Waals surface area contributed by atoms with Crippen LogP contribution in [0.25, 0.3) is 0 Å². The zero-order valence-corrected chi connectivity index (χ0v) is 9.65. The van der Waals surface area contributed by atoms with Crippen molar-refractivity contribution in [2.24, 2.45) is 0 Å². The largest absolute Gasteiger partial charge is 0.299 e. The first-order chi connectivity index (χ1) is 7.36. The fourth-order valence-electron chi connectivity index (χ4n) is 1.70. The van der Waals surface area contributed by atoms with Gasteiger partial charge in [0.2, 0.25) is 0 Å². The second-order valence-electron chi connectivity index (χ2n) is 3.84. The minimum atomic E-state index is 1.06. The van der Waals surface area contributed by atoms with Crippen LogP contribution >= 0.6 is 0 Å². The van der Waals surface area contributed by atoms with Gasteiger partial charge in [-0.15, -0.1) is 6.58 Å². The minimum absolute atomic E-state index is 1.06. The van der Waals surface area contributed by atoms with Crippen molar-refractivity contribution in [3.63, 3.8) is 0 Å². The van der Waals surface area contributed by atoms with E-state index in [1.165, 1.54) is 18.5 Å². The zero-order chi connectivity index (χ0) is 10.9. The molecule has 1 nitrogen and oxygen atoms in total. The lowest BCUT2D eigenvalue weighted by molar-refractivity contribution is 0.271. The maximum Gasteiger partial charge on any atom is 0.0233 e. The Morgan fingerprint density at radius 3 is 2.53 bits per heavy atom. The maximum atomic E-state index is 3.77. The average molecular weight is 203 g/mol. The monoisotopic (exact) mass is 203 g/mol. The molecule has 0 saturated heterocycles. The van der Waals surface area contributed by atoms with Gasteiger partial charge >= 0.3 is 0 Å². The molecule has 0 bridgehead atoms. The lowest BCUT2D eigenvalue weighted by Crippen LogP contribution is -2.24. The van der Waals surface area contributed by atoms with Gasteiger partial charge in [0.15, 0.2) is 0 Å². The van der Waals surface area contributed by atoms with Crippen LogP contribution in [0.1, 0.15) is 25.3 Å². The number of hydrogen-bond acceptors (Lipinski definition) is 1. The van der Waals surface area contributed by atoms with Crippen LogP contribution in [-0.2, 0) is 6.54 Å². The van der Waals surface area contributed by atoms with E-state index in [1.54, 1.807) is 0 Å². The van der Waals surface area contributed by atoms with Gasteiger partial charge in [-0.05, 0) is 24.9 Å². The van der Waals surface area contributed by atoms with Crippen LogP contribution in [0.15, 0.2) is 43.0 Å². The molecule has 0 radical (unpaired) electrons. The molecule has 0 unspecified atom stereocenters. The Morgan fingerprint density at radius 1 is 1.20 bits per heavy atom. The molecule has 0 amide bonds. The van der Waals surface area contributed by atoms with Crippen molar-refractivity contribution in [1.29, 1.82) is 0 Å². The van der Waals surface area contributed by atoms with Crippen LogP contribution in [-0.4, -0.2) is 18.0 Å². The summed E-state index contributed by atoms with van der Waals surface area (Å²) in [6.45, 7) is 9.35. The summed E-state index contributed by atoms with van der Waals surface area (Å²) in [7, 11) is 0. The van der Waals surface area contributed by atoms with E-state index in [0.29, 0.717) is 0 Å². The maximum absolute atomic E-state index is 3.77. The van der Waals surface area contributed by atoms with Crippen LogP contribution in [0.3, 0.4) is 0 Å². The summed E-state index contributed by atoms with van der Waals surface area (Å²) >= 11 is 0. The summed E-state index contributed by atoms with van der Waals surface area (Å²) in [6.07, 6.45) is 4.28. The third-order valence-electron chi connectivity index (χ3n) is 2.44. The molecule has 0 aliphatic carbocycles. The van der Waals surface area contributed by atoms with Gasteiger partial charge in [0.1, 0.15) is 0 Å². The van der Waals surface area contributed by atoms with Crippen molar-refractivity contribution >= 4 is 0 Å². The van der Waals surface area contributed by atoms with Crippen molar-refractivity contribution in [3.05, 3.63) is 48.6 Å². The minimum Gasteiger partial charge on any atom is -0.299 e. The van der Waals surface area contributed by atoms with Crippen LogP contribution in [0, 0.1) is 0 Å². The van der Waals surface area contributed by atoms with Crippen LogP contribution in [0.4, 0.5) is 0 Å². The van der Waals surface area contributed by atoms with Gasteiger partial charge in [0.05, 0.1) is 0 Å². The molecule has 0 fully saturated rings. The zero-order valence-electron chi connectivity index (χ0n) is 9.65. The predicted octanol–water partition coefficient (Wildman–Crippen LogP) is 3.47. The van der Waals surface area contributed by atoms with Gasteiger partial charge in [0, 0.05) is 13.1 Å². The number of benzene rings is 1. The summed E-state index contributed by atoms with van der Waals surface area (Å²) in [5, 5.41) is 0. The Labute approximate surface area is 93.4 Å². The lowest BCUT2D eigenvalue weighted by Gasteiger charge is -2.20. The van der Waals surface area contributed by atoms with Gasteiger partial charge in [-0.3, -0.25) is 4.90 Å². The smallest absolute Gasteiger partial charge is 0.0233 e. The lowest BCUT2D eigenvalue weighted by atomic mass is 10.2. The van der Waals surface area contributed by atoms with Crippen molar-refractivity contribution < 1.29 is 0 Å². The second kappa shape index (κ2) is 7.24. The summed E-state index contributed by atoms with van der Waals surface area (Å²) in [4.78, 5) is 2.48. The molecule has 15 heavy (non-hydrogen) atoms. The molecule has 0 aliphatic rings. The highest BCUT2D eigenvalue weighted by Crippen LogP contribution is 2.05. The quantitative estimate of drug-likeness (QED) is 0.613. The summed E-state index contributed by atoms with van der Waals surface area (Å²) in [5.74, 6) is 0. The van der Waals surface area contributed by atoms with Gasteiger partial charge in [-0.2, -0.15) is 0 Å². The van der Waals surface area contributed by atoms with E-state index in [0.717, 1.165) is 19.5 Å².